The number of nitrogens with zero attached hydrogens (tertiary/aromatic N) is 1. The largest absolute Gasteiger partial charge is 0.422 e. The normalized spacial score (nSPS) is 11.2. The molecule has 0 spiro atoms. The second-order valence-corrected chi connectivity index (χ2v) is 7.87. The molecule has 164 valence electrons. The molecule has 0 bridgehead atoms. The maximum atomic E-state index is 12.8. The minimum atomic E-state index is -0.474. The summed E-state index contributed by atoms with van der Waals surface area (Å²) in [5, 5.41) is 1.56. The van der Waals surface area contributed by atoms with Crippen molar-refractivity contribution in [2.45, 2.75) is 13.8 Å². The summed E-state index contributed by atoms with van der Waals surface area (Å²) in [5.41, 5.74) is 3.64. The Morgan fingerprint density at radius 2 is 1.48 bits per heavy atom. The van der Waals surface area contributed by atoms with Gasteiger partial charge in [-0.15, -0.1) is 0 Å². The highest BCUT2D eigenvalue weighted by Crippen LogP contribution is 2.34. The van der Waals surface area contributed by atoms with Crippen molar-refractivity contribution in [3.05, 3.63) is 99.7 Å². The quantitative estimate of drug-likeness (QED) is 0.312. The van der Waals surface area contributed by atoms with Crippen LogP contribution in [0.1, 0.15) is 13.8 Å². The molecule has 0 fully saturated rings. The fourth-order valence-electron chi connectivity index (χ4n) is 4.33. The number of hydrogen-bond donors (Lipinski definition) is 0. The van der Waals surface area contributed by atoms with Crippen LogP contribution < -0.4 is 16.2 Å². The van der Waals surface area contributed by atoms with E-state index in [1.54, 1.807) is 18.2 Å². The fraction of sp³-hybridized carbons (Fsp3) is 0.143. The third kappa shape index (κ3) is 3.72. The van der Waals surface area contributed by atoms with Gasteiger partial charge in [-0.25, -0.2) is 9.59 Å². The summed E-state index contributed by atoms with van der Waals surface area (Å²) in [6.45, 7) is 6.09. The molecule has 0 aliphatic carbocycles. The molecule has 0 saturated carbocycles. The van der Waals surface area contributed by atoms with E-state index in [1.807, 2.05) is 42.5 Å². The lowest BCUT2D eigenvalue weighted by Crippen LogP contribution is -2.21. The van der Waals surface area contributed by atoms with E-state index in [2.05, 4.69) is 30.9 Å². The molecule has 5 rings (SSSR count). The smallest absolute Gasteiger partial charge is 0.344 e. The van der Waals surface area contributed by atoms with Crippen molar-refractivity contribution in [1.82, 2.24) is 0 Å². The molecule has 5 heteroatoms. The van der Waals surface area contributed by atoms with E-state index in [-0.39, 0.29) is 0 Å². The van der Waals surface area contributed by atoms with Gasteiger partial charge in [0.05, 0.1) is 5.56 Å². The predicted octanol–water partition coefficient (Wildman–Crippen LogP) is 6.08. The van der Waals surface area contributed by atoms with Crippen LogP contribution in [0, 0.1) is 0 Å². The number of fused-ring (bicyclic) bond motifs is 2. The van der Waals surface area contributed by atoms with Gasteiger partial charge in [-0.2, -0.15) is 0 Å². The van der Waals surface area contributed by atoms with E-state index < -0.39 is 11.3 Å². The first-order chi connectivity index (χ1) is 16.1. The number of anilines is 1. The first kappa shape index (κ1) is 20.8. The van der Waals surface area contributed by atoms with E-state index in [1.165, 1.54) is 6.07 Å². The summed E-state index contributed by atoms with van der Waals surface area (Å²) in [7, 11) is 0. The second kappa shape index (κ2) is 8.43. The summed E-state index contributed by atoms with van der Waals surface area (Å²) in [4.78, 5) is 27.6. The number of para-hydroxylation sites is 2. The second-order valence-electron chi connectivity index (χ2n) is 7.87. The molecule has 0 atom stereocenters. The number of benzene rings is 3. The molecular formula is C28H23NO4. The van der Waals surface area contributed by atoms with Gasteiger partial charge in [0.1, 0.15) is 11.2 Å². The van der Waals surface area contributed by atoms with E-state index >= 15 is 0 Å². The molecular weight excluding hydrogens is 414 g/mol. The first-order valence-electron chi connectivity index (χ1n) is 11.0. The minimum absolute atomic E-state index is 0.358. The van der Waals surface area contributed by atoms with E-state index in [9.17, 15) is 9.59 Å². The lowest BCUT2D eigenvalue weighted by atomic mass is 9.97. The Morgan fingerprint density at radius 1 is 0.727 bits per heavy atom. The van der Waals surface area contributed by atoms with Crippen molar-refractivity contribution in [1.29, 1.82) is 0 Å². The van der Waals surface area contributed by atoms with Gasteiger partial charge in [0.2, 0.25) is 0 Å². The molecule has 2 heterocycles. The summed E-state index contributed by atoms with van der Waals surface area (Å²) in [6, 6.07) is 24.3. The van der Waals surface area contributed by atoms with Gasteiger partial charge in [0, 0.05) is 41.2 Å². The van der Waals surface area contributed by atoms with Crippen molar-refractivity contribution in [3.8, 4) is 22.3 Å². The summed E-state index contributed by atoms with van der Waals surface area (Å²) in [5.74, 6) is 0. The molecule has 2 aromatic heterocycles. The monoisotopic (exact) mass is 437 g/mol. The maximum Gasteiger partial charge on any atom is 0.344 e. The Hall–Kier alpha value is -4.12. The average Bonchev–Trinajstić information content (AvgIpc) is 2.84. The zero-order valence-electron chi connectivity index (χ0n) is 18.5. The molecule has 0 aliphatic rings. The van der Waals surface area contributed by atoms with Crippen molar-refractivity contribution < 1.29 is 8.83 Å². The Morgan fingerprint density at radius 3 is 2.24 bits per heavy atom. The van der Waals surface area contributed by atoms with E-state index in [4.69, 9.17) is 8.83 Å². The topological polar surface area (TPSA) is 63.7 Å². The van der Waals surface area contributed by atoms with E-state index in [0.717, 1.165) is 40.7 Å². The molecule has 0 unspecified atom stereocenters. The standard InChI is InChI=1S/C28H23NO4/c1-3-29(4-2)20-14-12-18(13-15-20)23-17-26(30)33-27-21(23)9-7-10-22(27)24-16-19-8-5-6-11-25(19)32-28(24)31/h5-17H,3-4H2,1-2H3. The van der Waals surface area contributed by atoms with Crippen LogP contribution in [0.3, 0.4) is 0 Å². The van der Waals surface area contributed by atoms with Gasteiger partial charge in [-0.05, 0) is 49.2 Å². The zero-order chi connectivity index (χ0) is 22.9. The van der Waals surface area contributed by atoms with Gasteiger partial charge < -0.3 is 13.7 Å². The predicted molar refractivity (Wildman–Crippen MR) is 133 cm³/mol. The van der Waals surface area contributed by atoms with Gasteiger partial charge >= 0.3 is 11.3 Å². The summed E-state index contributed by atoms with van der Waals surface area (Å²) < 4.78 is 11.1. The van der Waals surface area contributed by atoms with Crippen molar-refractivity contribution in [2.75, 3.05) is 18.0 Å². The molecule has 0 amide bonds. The third-order valence-electron chi connectivity index (χ3n) is 6.01. The summed E-state index contributed by atoms with van der Waals surface area (Å²) >= 11 is 0. The molecule has 33 heavy (non-hydrogen) atoms. The third-order valence-corrected chi connectivity index (χ3v) is 6.01. The van der Waals surface area contributed by atoms with Crippen LogP contribution in [0.25, 0.3) is 44.2 Å². The molecule has 0 radical (unpaired) electrons. The van der Waals surface area contributed by atoms with Crippen LogP contribution in [0.15, 0.2) is 97.3 Å². The SMILES string of the molecule is CCN(CC)c1ccc(-c2cc(=O)oc3c(-c4cc5ccccc5oc4=O)cccc23)cc1. The van der Waals surface area contributed by atoms with Gasteiger partial charge in [0.25, 0.3) is 0 Å². The molecule has 0 saturated heterocycles. The number of rotatable bonds is 5. The van der Waals surface area contributed by atoms with Crippen molar-refractivity contribution in [2.24, 2.45) is 0 Å². The van der Waals surface area contributed by atoms with Crippen LogP contribution in [0.4, 0.5) is 5.69 Å². The van der Waals surface area contributed by atoms with Gasteiger partial charge in [-0.3, -0.25) is 0 Å². The average molecular weight is 437 g/mol. The Kier molecular flexibility index (Phi) is 5.31. The van der Waals surface area contributed by atoms with Gasteiger partial charge in [-0.1, -0.05) is 48.5 Å². The Balaban J connectivity index is 1.71. The lowest BCUT2D eigenvalue weighted by Gasteiger charge is -2.21. The van der Waals surface area contributed by atoms with Crippen LogP contribution in [-0.4, -0.2) is 13.1 Å². The molecule has 5 aromatic rings. The molecule has 5 nitrogen and oxygen atoms in total. The molecule has 0 N–H and O–H groups in total. The lowest BCUT2D eigenvalue weighted by molar-refractivity contribution is 0.556. The fourth-order valence-corrected chi connectivity index (χ4v) is 4.33. The van der Waals surface area contributed by atoms with Gasteiger partial charge in [0.15, 0.2) is 0 Å². The molecule has 0 aliphatic heterocycles. The highest BCUT2D eigenvalue weighted by Gasteiger charge is 2.16. The van der Waals surface area contributed by atoms with Crippen LogP contribution in [-0.2, 0) is 0 Å². The highest BCUT2D eigenvalue weighted by molar-refractivity contribution is 6.01. The Bertz CT molecular complexity index is 1570. The number of hydrogen-bond acceptors (Lipinski definition) is 5. The summed E-state index contributed by atoms with van der Waals surface area (Å²) in [6.07, 6.45) is 0. The Labute approximate surface area is 190 Å². The van der Waals surface area contributed by atoms with E-state index in [0.29, 0.717) is 22.3 Å². The maximum absolute atomic E-state index is 12.8. The van der Waals surface area contributed by atoms with Crippen LogP contribution in [0.2, 0.25) is 0 Å². The molecule has 3 aromatic carbocycles. The van der Waals surface area contributed by atoms with Crippen molar-refractivity contribution >= 4 is 27.6 Å². The van der Waals surface area contributed by atoms with Crippen LogP contribution in [0.5, 0.6) is 0 Å². The zero-order valence-corrected chi connectivity index (χ0v) is 18.5. The minimum Gasteiger partial charge on any atom is -0.422 e. The van der Waals surface area contributed by atoms with Crippen LogP contribution >= 0.6 is 0 Å². The first-order valence-corrected chi connectivity index (χ1v) is 11.0. The highest BCUT2D eigenvalue weighted by atomic mass is 16.4. The van der Waals surface area contributed by atoms with Crippen molar-refractivity contribution in [3.63, 3.8) is 0 Å².